The molecule has 0 saturated heterocycles. The second-order valence-electron chi connectivity index (χ2n) is 5.19. The van der Waals surface area contributed by atoms with Gasteiger partial charge in [-0.25, -0.2) is 4.98 Å². The molecule has 0 radical (unpaired) electrons. The summed E-state index contributed by atoms with van der Waals surface area (Å²) >= 11 is 6.34. The summed E-state index contributed by atoms with van der Waals surface area (Å²) in [5, 5.41) is 0.490. The van der Waals surface area contributed by atoms with Gasteiger partial charge in [0.1, 0.15) is 0 Å². The summed E-state index contributed by atoms with van der Waals surface area (Å²) in [5.74, 6) is 1.68. The second-order valence-corrected chi connectivity index (χ2v) is 5.59. The zero-order valence-electron chi connectivity index (χ0n) is 14.2. The van der Waals surface area contributed by atoms with Crippen LogP contribution in [0.3, 0.4) is 0 Å². The van der Waals surface area contributed by atoms with E-state index in [9.17, 15) is 0 Å². The number of hydrogen-bond acceptors (Lipinski definition) is 5. The number of aromatic nitrogens is 1. The number of aliphatic imine (C=N–C) groups is 1. The van der Waals surface area contributed by atoms with Gasteiger partial charge in [-0.1, -0.05) is 18.5 Å². The first-order valence-corrected chi connectivity index (χ1v) is 8.03. The maximum atomic E-state index is 6.34. The number of halogens is 1. The van der Waals surface area contributed by atoms with Crippen LogP contribution in [0.25, 0.3) is 0 Å². The van der Waals surface area contributed by atoms with E-state index in [0.717, 1.165) is 12.0 Å². The van der Waals surface area contributed by atoms with Crippen molar-refractivity contribution in [1.82, 2.24) is 4.98 Å². The van der Waals surface area contributed by atoms with E-state index in [2.05, 4.69) is 16.9 Å². The van der Waals surface area contributed by atoms with E-state index in [1.54, 1.807) is 38.8 Å². The molecule has 128 valence electrons. The third-order valence-corrected chi connectivity index (χ3v) is 3.72. The first-order chi connectivity index (χ1) is 11.6. The number of benzene rings is 1. The van der Waals surface area contributed by atoms with Gasteiger partial charge in [0.15, 0.2) is 11.5 Å². The molecule has 1 atom stereocenters. The summed E-state index contributed by atoms with van der Waals surface area (Å²) in [6.07, 6.45) is 4.27. The zero-order valence-corrected chi connectivity index (χ0v) is 15.0. The Hall–Kier alpha value is -2.27. The van der Waals surface area contributed by atoms with Crippen LogP contribution < -0.4 is 14.2 Å². The number of hydrogen-bond donors (Lipinski definition) is 0. The van der Waals surface area contributed by atoms with Crippen molar-refractivity contribution in [1.29, 1.82) is 0 Å². The zero-order chi connectivity index (χ0) is 17.5. The SMILES string of the molecule is CC[C@@H](C)Oc1c(Cl)cc(C=Nc2ccc(OC)nc2)cc1OC. The van der Waals surface area contributed by atoms with Crippen LogP contribution in [-0.4, -0.2) is 31.5 Å². The van der Waals surface area contributed by atoms with Gasteiger partial charge in [0.2, 0.25) is 5.88 Å². The number of methoxy groups -OCH3 is 2. The molecule has 0 aliphatic heterocycles. The molecule has 0 aliphatic carbocycles. The van der Waals surface area contributed by atoms with Crippen molar-refractivity contribution in [2.24, 2.45) is 4.99 Å². The average molecular weight is 349 g/mol. The Morgan fingerprint density at radius 2 is 2.04 bits per heavy atom. The Kier molecular flexibility index (Phi) is 6.44. The van der Waals surface area contributed by atoms with Crippen molar-refractivity contribution in [3.8, 4) is 17.4 Å². The minimum absolute atomic E-state index is 0.0568. The maximum absolute atomic E-state index is 6.34. The van der Waals surface area contributed by atoms with E-state index in [4.69, 9.17) is 25.8 Å². The van der Waals surface area contributed by atoms with Gasteiger partial charge in [-0.2, -0.15) is 0 Å². The summed E-state index contributed by atoms with van der Waals surface area (Å²) < 4.78 is 16.2. The van der Waals surface area contributed by atoms with Gasteiger partial charge in [-0.15, -0.1) is 0 Å². The van der Waals surface area contributed by atoms with Gasteiger partial charge in [-0.05, 0) is 37.1 Å². The van der Waals surface area contributed by atoms with Crippen LogP contribution in [0.1, 0.15) is 25.8 Å². The van der Waals surface area contributed by atoms with Crippen LogP contribution >= 0.6 is 11.6 Å². The van der Waals surface area contributed by atoms with Crippen LogP contribution in [0.2, 0.25) is 5.02 Å². The number of nitrogens with zero attached hydrogens (tertiary/aromatic N) is 2. The smallest absolute Gasteiger partial charge is 0.213 e. The molecule has 0 N–H and O–H groups in total. The van der Waals surface area contributed by atoms with Gasteiger partial charge in [-0.3, -0.25) is 4.99 Å². The van der Waals surface area contributed by atoms with Gasteiger partial charge in [0, 0.05) is 12.3 Å². The molecule has 0 unspecified atom stereocenters. The molecular formula is C18H21ClN2O3. The third-order valence-electron chi connectivity index (χ3n) is 3.44. The van der Waals surface area contributed by atoms with E-state index >= 15 is 0 Å². The van der Waals surface area contributed by atoms with E-state index in [1.807, 2.05) is 19.1 Å². The van der Waals surface area contributed by atoms with Gasteiger partial charge in [0.25, 0.3) is 0 Å². The van der Waals surface area contributed by atoms with Crippen molar-refractivity contribution in [2.45, 2.75) is 26.4 Å². The molecular weight excluding hydrogens is 328 g/mol. The minimum atomic E-state index is 0.0568. The van der Waals surface area contributed by atoms with Crippen LogP contribution in [0.5, 0.6) is 17.4 Å². The average Bonchev–Trinajstić information content (AvgIpc) is 2.61. The lowest BCUT2D eigenvalue weighted by Crippen LogP contribution is -2.11. The van der Waals surface area contributed by atoms with E-state index in [1.165, 1.54) is 0 Å². The highest BCUT2D eigenvalue weighted by molar-refractivity contribution is 6.32. The Balaban J connectivity index is 2.24. The molecule has 24 heavy (non-hydrogen) atoms. The molecule has 1 aromatic carbocycles. The molecule has 1 heterocycles. The molecule has 5 nitrogen and oxygen atoms in total. The predicted octanol–water partition coefficient (Wildman–Crippen LogP) is 4.68. The van der Waals surface area contributed by atoms with Crippen molar-refractivity contribution >= 4 is 23.5 Å². The molecule has 0 aliphatic rings. The van der Waals surface area contributed by atoms with E-state index in [-0.39, 0.29) is 6.10 Å². The fraction of sp³-hybridized carbons (Fsp3) is 0.333. The number of ether oxygens (including phenoxy) is 3. The van der Waals surface area contributed by atoms with E-state index < -0.39 is 0 Å². The highest BCUT2D eigenvalue weighted by atomic mass is 35.5. The van der Waals surface area contributed by atoms with Gasteiger partial charge < -0.3 is 14.2 Å². The molecule has 2 aromatic rings. The highest BCUT2D eigenvalue weighted by Crippen LogP contribution is 2.37. The first-order valence-electron chi connectivity index (χ1n) is 7.65. The van der Waals surface area contributed by atoms with Gasteiger partial charge in [0.05, 0.1) is 37.2 Å². The molecule has 0 fully saturated rings. The van der Waals surface area contributed by atoms with Crippen LogP contribution in [-0.2, 0) is 0 Å². The normalized spacial score (nSPS) is 12.2. The van der Waals surface area contributed by atoms with Crippen LogP contribution in [0, 0.1) is 0 Å². The Labute approximate surface area is 147 Å². The Morgan fingerprint density at radius 1 is 1.25 bits per heavy atom. The van der Waals surface area contributed by atoms with Gasteiger partial charge >= 0.3 is 0 Å². The summed E-state index contributed by atoms with van der Waals surface area (Å²) in [7, 11) is 3.16. The molecule has 0 spiro atoms. The predicted molar refractivity (Wildman–Crippen MR) is 96.4 cm³/mol. The quantitative estimate of drug-likeness (QED) is 0.682. The molecule has 6 heteroatoms. The fourth-order valence-corrected chi connectivity index (χ4v) is 2.20. The van der Waals surface area contributed by atoms with Crippen molar-refractivity contribution in [3.63, 3.8) is 0 Å². The lowest BCUT2D eigenvalue weighted by Gasteiger charge is -2.17. The van der Waals surface area contributed by atoms with Crippen LogP contribution in [0.15, 0.2) is 35.5 Å². The van der Waals surface area contributed by atoms with Crippen molar-refractivity contribution in [2.75, 3.05) is 14.2 Å². The monoisotopic (exact) mass is 348 g/mol. The molecule has 2 rings (SSSR count). The summed E-state index contributed by atoms with van der Waals surface area (Å²) in [6, 6.07) is 7.21. The summed E-state index contributed by atoms with van der Waals surface area (Å²) in [5.41, 5.74) is 1.52. The molecule has 1 aromatic heterocycles. The lowest BCUT2D eigenvalue weighted by molar-refractivity contribution is 0.208. The highest BCUT2D eigenvalue weighted by Gasteiger charge is 2.13. The second kappa shape index (κ2) is 8.55. The molecule has 0 amide bonds. The van der Waals surface area contributed by atoms with Crippen LogP contribution in [0.4, 0.5) is 5.69 Å². The first kappa shape index (κ1) is 18.1. The maximum Gasteiger partial charge on any atom is 0.213 e. The minimum Gasteiger partial charge on any atom is -0.493 e. The fourth-order valence-electron chi connectivity index (χ4n) is 1.93. The lowest BCUT2D eigenvalue weighted by atomic mass is 10.2. The van der Waals surface area contributed by atoms with E-state index in [0.29, 0.717) is 28.1 Å². The topological polar surface area (TPSA) is 52.9 Å². The number of rotatable bonds is 7. The number of pyridine rings is 1. The summed E-state index contributed by atoms with van der Waals surface area (Å²) in [4.78, 5) is 8.49. The van der Waals surface area contributed by atoms with Crippen molar-refractivity contribution in [3.05, 3.63) is 41.0 Å². The summed E-state index contributed by atoms with van der Waals surface area (Å²) in [6.45, 7) is 4.04. The van der Waals surface area contributed by atoms with Crippen molar-refractivity contribution < 1.29 is 14.2 Å². The Morgan fingerprint density at radius 3 is 2.62 bits per heavy atom. The Bertz CT molecular complexity index is 702. The molecule has 0 saturated carbocycles. The molecule has 0 bridgehead atoms. The standard InChI is InChI=1S/C18H21ClN2O3/c1-5-12(2)24-18-15(19)8-13(9-16(18)22-3)10-20-14-6-7-17(23-4)21-11-14/h6-12H,5H2,1-4H3/t12-/m1/s1. The third kappa shape index (κ3) is 4.61. The largest absolute Gasteiger partial charge is 0.493 e.